The van der Waals surface area contributed by atoms with Crippen molar-refractivity contribution in [1.82, 2.24) is 10.6 Å². The van der Waals surface area contributed by atoms with Gasteiger partial charge in [-0.3, -0.25) is 4.79 Å². The number of amides is 1. The zero-order chi connectivity index (χ0) is 10.8. The number of hydrogen-bond acceptors (Lipinski definition) is 3. The van der Waals surface area contributed by atoms with Gasteiger partial charge in [0, 0.05) is 18.3 Å². The molecule has 0 bridgehead atoms. The second-order valence-corrected chi connectivity index (χ2v) is 4.25. The van der Waals surface area contributed by atoms with Crippen molar-refractivity contribution in [2.24, 2.45) is 0 Å². The molecule has 0 radical (unpaired) electrons. The van der Waals surface area contributed by atoms with Crippen molar-refractivity contribution in [3.63, 3.8) is 0 Å². The van der Waals surface area contributed by atoms with Crippen LogP contribution in [0.4, 0.5) is 0 Å². The van der Waals surface area contributed by atoms with Crippen molar-refractivity contribution in [2.45, 2.75) is 19.9 Å². The molecule has 0 unspecified atom stereocenters. The molecule has 0 aromatic rings. The van der Waals surface area contributed by atoms with Crippen LogP contribution in [0.1, 0.15) is 13.8 Å². The Morgan fingerprint density at radius 3 is 2.86 bits per heavy atom. The molecule has 0 aromatic heterocycles. The SMILES string of the molecule is C#CCSCCNC(=O)CNC(C)C. The molecule has 1 amide bonds. The Kier molecular flexibility index (Phi) is 8.50. The van der Waals surface area contributed by atoms with E-state index in [0.717, 1.165) is 5.75 Å². The minimum Gasteiger partial charge on any atom is -0.354 e. The Morgan fingerprint density at radius 1 is 1.57 bits per heavy atom. The van der Waals surface area contributed by atoms with Crippen LogP contribution in [0.25, 0.3) is 0 Å². The fourth-order valence-electron chi connectivity index (χ4n) is 0.753. The van der Waals surface area contributed by atoms with E-state index < -0.39 is 0 Å². The Labute approximate surface area is 90.4 Å². The zero-order valence-electron chi connectivity index (χ0n) is 8.80. The third-order valence-electron chi connectivity index (χ3n) is 1.42. The zero-order valence-corrected chi connectivity index (χ0v) is 9.62. The Hall–Kier alpha value is -0.660. The van der Waals surface area contributed by atoms with Gasteiger partial charge >= 0.3 is 0 Å². The molecule has 0 aromatic carbocycles. The van der Waals surface area contributed by atoms with Crippen molar-refractivity contribution >= 4 is 17.7 Å². The van der Waals surface area contributed by atoms with E-state index in [2.05, 4.69) is 16.6 Å². The van der Waals surface area contributed by atoms with Crippen LogP contribution in [-0.2, 0) is 4.79 Å². The van der Waals surface area contributed by atoms with Crippen molar-refractivity contribution in [2.75, 3.05) is 24.6 Å². The van der Waals surface area contributed by atoms with Gasteiger partial charge in [0.2, 0.25) is 5.91 Å². The molecule has 0 rings (SSSR count). The molecule has 0 aliphatic carbocycles. The van der Waals surface area contributed by atoms with E-state index in [1.807, 2.05) is 13.8 Å². The van der Waals surface area contributed by atoms with E-state index in [0.29, 0.717) is 24.9 Å². The number of thioether (sulfide) groups is 1. The minimum atomic E-state index is 0.0417. The van der Waals surface area contributed by atoms with E-state index in [1.54, 1.807) is 11.8 Å². The molecule has 80 valence electrons. The van der Waals surface area contributed by atoms with Crippen molar-refractivity contribution < 1.29 is 4.79 Å². The van der Waals surface area contributed by atoms with E-state index in [1.165, 1.54) is 0 Å². The first-order valence-electron chi connectivity index (χ1n) is 4.68. The van der Waals surface area contributed by atoms with Crippen LogP contribution < -0.4 is 10.6 Å². The standard InChI is InChI=1S/C10H18N2OS/c1-4-6-14-7-5-11-10(13)8-12-9(2)3/h1,9,12H,5-8H2,2-3H3,(H,11,13). The Morgan fingerprint density at radius 2 is 2.29 bits per heavy atom. The lowest BCUT2D eigenvalue weighted by Gasteiger charge is -2.08. The average molecular weight is 214 g/mol. The number of rotatable bonds is 7. The van der Waals surface area contributed by atoms with Gasteiger partial charge in [-0.1, -0.05) is 19.8 Å². The third-order valence-corrected chi connectivity index (χ3v) is 2.29. The largest absolute Gasteiger partial charge is 0.354 e. The van der Waals surface area contributed by atoms with E-state index in [4.69, 9.17) is 6.42 Å². The maximum Gasteiger partial charge on any atom is 0.233 e. The molecule has 0 aliphatic heterocycles. The third kappa shape index (κ3) is 9.43. The van der Waals surface area contributed by atoms with Crippen molar-refractivity contribution in [3.05, 3.63) is 0 Å². The summed E-state index contributed by atoms with van der Waals surface area (Å²) < 4.78 is 0. The number of terminal acetylenes is 1. The number of carbonyl (C=O) groups is 1. The molecule has 2 N–H and O–H groups in total. The second kappa shape index (κ2) is 8.92. The van der Waals surface area contributed by atoms with Crippen LogP contribution in [0.2, 0.25) is 0 Å². The van der Waals surface area contributed by atoms with Crippen LogP contribution in [0.5, 0.6) is 0 Å². The summed E-state index contributed by atoms with van der Waals surface area (Å²) in [5, 5.41) is 5.85. The molecular weight excluding hydrogens is 196 g/mol. The van der Waals surface area contributed by atoms with Crippen molar-refractivity contribution in [3.8, 4) is 12.3 Å². The number of carbonyl (C=O) groups excluding carboxylic acids is 1. The molecule has 0 spiro atoms. The van der Waals surface area contributed by atoms with Gasteiger partial charge in [0.15, 0.2) is 0 Å². The quantitative estimate of drug-likeness (QED) is 0.478. The summed E-state index contributed by atoms with van der Waals surface area (Å²) in [6.07, 6.45) is 5.08. The van der Waals surface area contributed by atoms with Crippen LogP contribution in [-0.4, -0.2) is 36.5 Å². The minimum absolute atomic E-state index is 0.0417. The summed E-state index contributed by atoms with van der Waals surface area (Å²) in [4.78, 5) is 11.2. The lowest BCUT2D eigenvalue weighted by atomic mass is 10.4. The molecule has 14 heavy (non-hydrogen) atoms. The van der Waals surface area contributed by atoms with Crippen LogP contribution in [0, 0.1) is 12.3 Å². The lowest BCUT2D eigenvalue weighted by Crippen LogP contribution is -2.37. The summed E-state index contributed by atoms with van der Waals surface area (Å²) in [5.74, 6) is 4.16. The monoisotopic (exact) mass is 214 g/mol. The first-order valence-corrected chi connectivity index (χ1v) is 5.83. The summed E-state index contributed by atoms with van der Waals surface area (Å²) >= 11 is 1.65. The van der Waals surface area contributed by atoms with Gasteiger partial charge in [0.25, 0.3) is 0 Å². The van der Waals surface area contributed by atoms with Gasteiger partial charge in [-0.05, 0) is 0 Å². The first-order chi connectivity index (χ1) is 6.66. The topological polar surface area (TPSA) is 41.1 Å². The average Bonchev–Trinajstić information content (AvgIpc) is 2.14. The predicted molar refractivity (Wildman–Crippen MR) is 62.3 cm³/mol. The lowest BCUT2D eigenvalue weighted by molar-refractivity contribution is -0.120. The second-order valence-electron chi connectivity index (χ2n) is 3.14. The van der Waals surface area contributed by atoms with Gasteiger partial charge in [0.05, 0.1) is 12.3 Å². The summed E-state index contributed by atoms with van der Waals surface area (Å²) in [6.45, 7) is 5.09. The fourth-order valence-corrected chi connectivity index (χ4v) is 1.26. The van der Waals surface area contributed by atoms with Crippen LogP contribution in [0.15, 0.2) is 0 Å². The van der Waals surface area contributed by atoms with Gasteiger partial charge in [-0.25, -0.2) is 0 Å². The van der Waals surface area contributed by atoms with E-state index in [9.17, 15) is 4.79 Å². The Bertz CT molecular complexity index is 199. The van der Waals surface area contributed by atoms with Gasteiger partial charge in [-0.15, -0.1) is 18.2 Å². The van der Waals surface area contributed by atoms with Gasteiger partial charge < -0.3 is 10.6 Å². The van der Waals surface area contributed by atoms with Gasteiger partial charge in [-0.2, -0.15) is 0 Å². The van der Waals surface area contributed by atoms with Gasteiger partial charge in [0.1, 0.15) is 0 Å². The molecular formula is C10H18N2OS. The summed E-state index contributed by atoms with van der Waals surface area (Å²) in [7, 11) is 0. The molecule has 0 atom stereocenters. The molecule has 0 fully saturated rings. The molecule has 0 saturated carbocycles. The summed E-state index contributed by atoms with van der Waals surface area (Å²) in [6, 6.07) is 0.344. The molecule has 0 heterocycles. The highest BCUT2D eigenvalue weighted by Gasteiger charge is 2.00. The molecule has 3 nitrogen and oxygen atoms in total. The van der Waals surface area contributed by atoms with Crippen LogP contribution >= 0.6 is 11.8 Å². The number of nitrogens with one attached hydrogen (secondary N) is 2. The molecule has 4 heteroatoms. The maximum absolute atomic E-state index is 11.2. The number of hydrogen-bond donors (Lipinski definition) is 2. The normalized spacial score (nSPS) is 9.86. The molecule has 0 saturated heterocycles. The van der Waals surface area contributed by atoms with E-state index in [-0.39, 0.29) is 5.91 Å². The van der Waals surface area contributed by atoms with Crippen molar-refractivity contribution in [1.29, 1.82) is 0 Å². The predicted octanol–water partition coefficient (Wildman–Crippen LogP) is 0.467. The first kappa shape index (κ1) is 13.3. The Balaban J connectivity index is 3.24. The highest BCUT2D eigenvalue weighted by atomic mass is 32.2. The smallest absolute Gasteiger partial charge is 0.233 e. The summed E-state index contributed by atoms with van der Waals surface area (Å²) in [5.41, 5.74) is 0. The highest BCUT2D eigenvalue weighted by Crippen LogP contribution is 1.94. The fraction of sp³-hybridized carbons (Fsp3) is 0.700. The van der Waals surface area contributed by atoms with Crippen LogP contribution in [0.3, 0.4) is 0 Å². The highest BCUT2D eigenvalue weighted by molar-refractivity contribution is 7.99. The maximum atomic E-state index is 11.2. The van der Waals surface area contributed by atoms with E-state index >= 15 is 0 Å². The molecule has 0 aliphatic rings.